The van der Waals surface area contributed by atoms with Crippen LogP contribution in [0.4, 0.5) is 4.39 Å². The number of carbonyl (C=O) groups is 1. The molecule has 0 amide bonds. The van der Waals surface area contributed by atoms with Gasteiger partial charge in [-0.1, -0.05) is 23.8 Å². The van der Waals surface area contributed by atoms with Crippen LogP contribution < -0.4 is 0 Å². The van der Waals surface area contributed by atoms with Crippen LogP contribution in [0.2, 0.25) is 0 Å². The van der Waals surface area contributed by atoms with Crippen LogP contribution in [-0.2, 0) is 4.74 Å². The summed E-state index contributed by atoms with van der Waals surface area (Å²) >= 11 is 1.21. The summed E-state index contributed by atoms with van der Waals surface area (Å²) in [6.07, 6.45) is -0.728. The molecule has 1 atom stereocenters. The van der Waals surface area contributed by atoms with Gasteiger partial charge in [0.25, 0.3) is 5.89 Å². The second kappa shape index (κ2) is 7.16. The largest absolute Gasteiger partial charge is 0.448 e. The monoisotopic (exact) mass is 396 g/mol. The maximum atomic E-state index is 14.1. The molecule has 0 aliphatic carbocycles. The fourth-order valence-electron chi connectivity index (χ4n) is 2.92. The molecule has 4 aromatic rings. The zero-order chi connectivity index (χ0) is 19.8. The zero-order valence-corrected chi connectivity index (χ0v) is 16.3. The SMILES string of the molecule is Cc1ccc(-c2nnc([C@@H](C)OC(=O)c3sc4cccc(F)c4c3C)o2)cc1. The fourth-order valence-corrected chi connectivity index (χ4v) is 4.03. The van der Waals surface area contributed by atoms with Gasteiger partial charge in [-0.05, 0) is 50.6 Å². The molecule has 7 heteroatoms. The molecule has 0 saturated heterocycles. The summed E-state index contributed by atoms with van der Waals surface area (Å²) in [5.41, 5.74) is 2.49. The summed E-state index contributed by atoms with van der Waals surface area (Å²) in [5.74, 6) is -0.328. The standard InChI is InChI=1S/C21H17FN2O3S/c1-11-7-9-14(10-8-11)20-24-23-19(27-20)13(3)26-21(25)18-12(2)17-15(22)5-4-6-16(17)28-18/h4-10,13H,1-3H3/t13-/m1/s1. The lowest BCUT2D eigenvalue weighted by molar-refractivity contribution is 0.0285. The van der Waals surface area contributed by atoms with E-state index in [4.69, 9.17) is 9.15 Å². The maximum Gasteiger partial charge on any atom is 0.349 e. The smallest absolute Gasteiger partial charge is 0.349 e. The lowest BCUT2D eigenvalue weighted by atomic mass is 10.1. The first-order valence-corrected chi connectivity index (χ1v) is 9.54. The Labute approximate surface area is 164 Å². The minimum atomic E-state index is -0.728. The second-order valence-corrected chi connectivity index (χ2v) is 7.58. The van der Waals surface area contributed by atoms with E-state index in [0.29, 0.717) is 26.4 Å². The number of aryl methyl sites for hydroxylation is 2. The number of hydrogen-bond donors (Lipinski definition) is 0. The van der Waals surface area contributed by atoms with Gasteiger partial charge in [-0.3, -0.25) is 0 Å². The number of hydrogen-bond acceptors (Lipinski definition) is 6. The first-order valence-electron chi connectivity index (χ1n) is 8.73. The fraction of sp³-hybridized carbons (Fsp3) is 0.190. The van der Waals surface area contributed by atoms with Crippen LogP contribution in [0.15, 0.2) is 46.9 Å². The molecule has 0 saturated carbocycles. The van der Waals surface area contributed by atoms with Crippen molar-refractivity contribution in [1.29, 1.82) is 0 Å². The Hall–Kier alpha value is -3.06. The van der Waals surface area contributed by atoms with Gasteiger partial charge in [0.05, 0.1) is 0 Å². The topological polar surface area (TPSA) is 65.2 Å². The molecule has 142 valence electrons. The summed E-state index contributed by atoms with van der Waals surface area (Å²) in [6.45, 7) is 5.37. The molecule has 0 N–H and O–H groups in total. The van der Waals surface area contributed by atoms with Crippen LogP contribution in [0.1, 0.15) is 39.7 Å². The summed E-state index contributed by atoms with van der Waals surface area (Å²) in [6, 6.07) is 12.5. The highest BCUT2D eigenvalue weighted by molar-refractivity contribution is 7.21. The number of aromatic nitrogens is 2. The van der Waals surface area contributed by atoms with Crippen molar-refractivity contribution in [1.82, 2.24) is 10.2 Å². The van der Waals surface area contributed by atoms with E-state index in [2.05, 4.69) is 10.2 Å². The van der Waals surface area contributed by atoms with Crippen molar-refractivity contribution in [3.05, 3.63) is 70.2 Å². The van der Waals surface area contributed by atoms with Crippen molar-refractivity contribution in [3.63, 3.8) is 0 Å². The number of carbonyl (C=O) groups excluding carboxylic acids is 1. The van der Waals surface area contributed by atoms with Gasteiger partial charge < -0.3 is 9.15 Å². The number of benzene rings is 2. The Morgan fingerprint density at radius 3 is 2.61 bits per heavy atom. The predicted octanol–water partition coefficient (Wildman–Crippen LogP) is 5.63. The van der Waals surface area contributed by atoms with Crippen molar-refractivity contribution in [2.45, 2.75) is 26.9 Å². The molecule has 0 aliphatic rings. The van der Waals surface area contributed by atoms with E-state index in [0.717, 1.165) is 11.1 Å². The number of fused-ring (bicyclic) bond motifs is 1. The van der Waals surface area contributed by atoms with Crippen LogP contribution in [0.25, 0.3) is 21.5 Å². The predicted molar refractivity (Wildman–Crippen MR) is 105 cm³/mol. The van der Waals surface area contributed by atoms with Gasteiger partial charge in [0.2, 0.25) is 5.89 Å². The third-order valence-corrected chi connectivity index (χ3v) is 5.70. The molecule has 28 heavy (non-hydrogen) atoms. The third kappa shape index (κ3) is 3.29. The van der Waals surface area contributed by atoms with Gasteiger partial charge in [-0.15, -0.1) is 21.5 Å². The van der Waals surface area contributed by atoms with Gasteiger partial charge in [0.15, 0.2) is 6.10 Å². The molecular formula is C21H17FN2O3S. The minimum Gasteiger partial charge on any atom is -0.448 e. The average molecular weight is 396 g/mol. The first kappa shape index (κ1) is 18.3. The molecule has 2 heterocycles. The van der Waals surface area contributed by atoms with E-state index in [1.807, 2.05) is 31.2 Å². The molecule has 0 spiro atoms. The highest BCUT2D eigenvalue weighted by Gasteiger charge is 2.24. The molecule has 0 unspecified atom stereocenters. The molecule has 0 fully saturated rings. The number of esters is 1. The van der Waals surface area contributed by atoms with E-state index < -0.39 is 12.1 Å². The third-order valence-electron chi connectivity index (χ3n) is 4.46. The lowest BCUT2D eigenvalue weighted by Crippen LogP contribution is -2.09. The normalized spacial score (nSPS) is 12.3. The zero-order valence-electron chi connectivity index (χ0n) is 15.5. The van der Waals surface area contributed by atoms with Crippen molar-refractivity contribution in [2.75, 3.05) is 0 Å². The highest BCUT2D eigenvalue weighted by Crippen LogP contribution is 2.34. The summed E-state index contributed by atoms with van der Waals surface area (Å²) in [4.78, 5) is 13.0. The van der Waals surface area contributed by atoms with Crippen molar-refractivity contribution < 1.29 is 18.3 Å². The van der Waals surface area contributed by atoms with Crippen LogP contribution in [0.5, 0.6) is 0 Å². The van der Waals surface area contributed by atoms with Crippen LogP contribution >= 0.6 is 11.3 Å². The Bertz CT molecular complexity index is 1160. The van der Waals surface area contributed by atoms with E-state index in [1.54, 1.807) is 26.0 Å². The minimum absolute atomic E-state index is 0.203. The number of ether oxygens (including phenoxy) is 1. The molecule has 0 aliphatic heterocycles. The maximum absolute atomic E-state index is 14.1. The molecule has 4 rings (SSSR count). The molecular weight excluding hydrogens is 379 g/mol. The van der Waals surface area contributed by atoms with Gasteiger partial charge >= 0.3 is 5.97 Å². The van der Waals surface area contributed by atoms with Gasteiger partial charge in [0.1, 0.15) is 10.7 Å². The van der Waals surface area contributed by atoms with Gasteiger partial charge in [0, 0.05) is 15.6 Å². The molecule has 0 bridgehead atoms. The van der Waals surface area contributed by atoms with Crippen molar-refractivity contribution >= 4 is 27.4 Å². The van der Waals surface area contributed by atoms with Gasteiger partial charge in [-0.2, -0.15) is 0 Å². The first-order chi connectivity index (χ1) is 13.4. The number of rotatable bonds is 4. The van der Waals surface area contributed by atoms with Crippen molar-refractivity contribution in [2.24, 2.45) is 0 Å². The molecule has 5 nitrogen and oxygen atoms in total. The number of thiophene rings is 1. The van der Waals surface area contributed by atoms with E-state index in [-0.39, 0.29) is 11.7 Å². The van der Waals surface area contributed by atoms with Crippen LogP contribution in [0.3, 0.4) is 0 Å². The van der Waals surface area contributed by atoms with Crippen molar-refractivity contribution in [3.8, 4) is 11.5 Å². The number of halogens is 1. The Morgan fingerprint density at radius 2 is 1.89 bits per heavy atom. The summed E-state index contributed by atoms with van der Waals surface area (Å²) in [7, 11) is 0. The molecule has 0 radical (unpaired) electrons. The Balaban J connectivity index is 1.55. The average Bonchev–Trinajstić information content (AvgIpc) is 3.28. The highest BCUT2D eigenvalue weighted by atomic mass is 32.1. The van der Waals surface area contributed by atoms with Crippen LogP contribution in [0, 0.1) is 19.7 Å². The van der Waals surface area contributed by atoms with E-state index in [1.165, 1.54) is 17.4 Å². The Morgan fingerprint density at radius 1 is 1.14 bits per heavy atom. The van der Waals surface area contributed by atoms with E-state index >= 15 is 0 Å². The molecule has 2 aromatic carbocycles. The quantitative estimate of drug-likeness (QED) is 0.419. The second-order valence-electron chi connectivity index (χ2n) is 6.53. The summed E-state index contributed by atoms with van der Waals surface area (Å²) in [5, 5.41) is 8.47. The van der Waals surface area contributed by atoms with Gasteiger partial charge in [-0.25, -0.2) is 9.18 Å². The molecule has 2 aromatic heterocycles. The van der Waals surface area contributed by atoms with E-state index in [9.17, 15) is 9.18 Å². The lowest BCUT2D eigenvalue weighted by Gasteiger charge is -2.08. The van der Waals surface area contributed by atoms with Crippen LogP contribution in [-0.4, -0.2) is 16.2 Å². The Kier molecular flexibility index (Phi) is 4.68. The number of nitrogens with zero attached hydrogens (tertiary/aromatic N) is 2. The summed E-state index contributed by atoms with van der Waals surface area (Å²) < 4.78 is 25.9.